The van der Waals surface area contributed by atoms with E-state index in [2.05, 4.69) is 16.0 Å². The molecule has 0 radical (unpaired) electrons. The van der Waals surface area contributed by atoms with E-state index in [9.17, 15) is 0 Å². The highest BCUT2D eigenvalue weighted by molar-refractivity contribution is 5.84. The van der Waals surface area contributed by atoms with Gasteiger partial charge < -0.3 is 4.90 Å². The molecule has 2 fully saturated rings. The summed E-state index contributed by atoms with van der Waals surface area (Å²) in [6.07, 6.45) is 1.88. The Labute approximate surface area is 99.9 Å². The second-order valence-electron chi connectivity index (χ2n) is 4.98. The molecule has 0 unspecified atom stereocenters. The molecule has 3 N–H and O–H groups in total. The molecule has 90 valence electrons. The third-order valence-electron chi connectivity index (χ3n) is 3.87. The average Bonchev–Trinajstić information content (AvgIpc) is 2.84. The van der Waals surface area contributed by atoms with Gasteiger partial charge in [-0.1, -0.05) is 6.07 Å². The van der Waals surface area contributed by atoms with E-state index in [1.54, 1.807) is 0 Å². The predicted molar refractivity (Wildman–Crippen MR) is 64.3 cm³/mol. The quantitative estimate of drug-likeness (QED) is 0.404. The molecule has 1 aliphatic carbocycles. The molecule has 0 spiro atoms. The van der Waals surface area contributed by atoms with E-state index in [1.165, 1.54) is 5.56 Å². The lowest BCUT2D eigenvalue weighted by atomic mass is 10.2. The molecule has 3 rings (SSSR count). The largest absolute Gasteiger partial charge is 0.356 e. The predicted octanol–water partition coefficient (Wildman–Crippen LogP) is 1.03. The van der Waals surface area contributed by atoms with Crippen molar-refractivity contribution in [2.24, 2.45) is 17.8 Å². The molecule has 0 bridgehead atoms. The lowest BCUT2D eigenvalue weighted by Crippen LogP contribution is -2.30. The molecule has 5 nitrogen and oxygen atoms in total. The second-order valence-corrected chi connectivity index (χ2v) is 4.98. The van der Waals surface area contributed by atoms with Gasteiger partial charge in [-0.15, -0.1) is 0 Å². The molecule has 1 aliphatic heterocycles. The normalized spacial score (nSPS) is 30.0. The maximum Gasteiger partial charge on any atom is 0.128 e. The molecule has 0 aromatic carbocycles. The highest BCUT2D eigenvalue weighted by Gasteiger charge is 2.58. The Morgan fingerprint density at radius 3 is 2.71 bits per heavy atom. The van der Waals surface area contributed by atoms with Gasteiger partial charge in [0.25, 0.3) is 0 Å². The molecule has 5 heteroatoms. The Balaban J connectivity index is 1.65. The van der Waals surface area contributed by atoms with Gasteiger partial charge in [-0.3, -0.25) is 16.1 Å². The number of nitrogens with zero attached hydrogens (tertiary/aromatic N) is 2. The van der Waals surface area contributed by atoms with Crippen molar-refractivity contribution < 1.29 is 5.21 Å². The number of nitrogens with one attached hydrogen (secondary N) is 2. The van der Waals surface area contributed by atoms with Gasteiger partial charge in [0, 0.05) is 25.2 Å². The monoisotopic (exact) mass is 232 g/mol. The number of anilines is 1. The highest BCUT2D eigenvalue weighted by Crippen LogP contribution is 2.52. The lowest BCUT2D eigenvalue weighted by molar-refractivity contribution is 0.228. The van der Waals surface area contributed by atoms with E-state index in [1.807, 2.05) is 24.7 Å². The lowest BCUT2D eigenvalue weighted by Gasteiger charge is -2.20. The van der Waals surface area contributed by atoms with Crippen molar-refractivity contribution in [2.45, 2.75) is 6.92 Å². The standard InChI is InChI=1S/C12H16N4O/c1-7-2-3-10(14-4-7)16-5-8-9(6-16)11(8)12(13)15-17/h2-4,8-9,11,17H,5-6H2,1H3,(H2,13,15)/t8-,9+,11+. The molecular formula is C12H16N4O. The summed E-state index contributed by atoms with van der Waals surface area (Å²) in [5, 5.41) is 16.3. The first-order valence-electron chi connectivity index (χ1n) is 5.87. The van der Waals surface area contributed by atoms with Crippen molar-refractivity contribution in [3.8, 4) is 0 Å². The third-order valence-corrected chi connectivity index (χ3v) is 3.87. The highest BCUT2D eigenvalue weighted by atomic mass is 16.5. The van der Waals surface area contributed by atoms with Crippen LogP contribution in [-0.2, 0) is 0 Å². The fourth-order valence-corrected chi connectivity index (χ4v) is 2.86. The molecule has 0 amide bonds. The van der Waals surface area contributed by atoms with Gasteiger partial charge in [0.1, 0.15) is 11.7 Å². The molecule has 1 aromatic rings. The Bertz CT molecular complexity index is 432. The minimum atomic E-state index is 0.224. The molecule has 17 heavy (non-hydrogen) atoms. The Kier molecular flexibility index (Phi) is 2.29. The van der Waals surface area contributed by atoms with Crippen molar-refractivity contribution in [1.82, 2.24) is 10.5 Å². The van der Waals surface area contributed by atoms with Crippen molar-refractivity contribution in [3.63, 3.8) is 0 Å². The van der Waals surface area contributed by atoms with Crippen LogP contribution in [-0.4, -0.2) is 29.1 Å². The van der Waals surface area contributed by atoms with Crippen LogP contribution in [0.5, 0.6) is 0 Å². The number of pyridine rings is 1. The molecule has 1 aromatic heterocycles. The summed E-state index contributed by atoms with van der Waals surface area (Å²) in [4.78, 5) is 6.67. The Hall–Kier alpha value is -1.62. The van der Waals surface area contributed by atoms with Crippen LogP contribution in [0.1, 0.15) is 5.56 Å². The van der Waals surface area contributed by atoms with Crippen LogP contribution in [0.4, 0.5) is 5.82 Å². The minimum absolute atomic E-state index is 0.224. The van der Waals surface area contributed by atoms with E-state index in [4.69, 9.17) is 10.6 Å². The first-order valence-corrected chi connectivity index (χ1v) is 5.87. The van der Waals surface area contributed by atoms with Crippen molar-refractivity contribution in [2.75, 3.05) is 18.0 Å². The van der Waals surface area contributed by atoms with Crippen LogP contribution in [0.2, 0.25) is 0 Å². The number of aryl methyl sites for hydroxylation is 1. The summed E-state index contributed by atoms with van der Waals surface area (Å²) >= 11 is 0. The van der Waals surface area contributed by atoms with Crippen LogP contribution >= 0.6 is 0 Å². The zero-order chi connectivity index (χ0) is 12.0. The topological polar surface area (TPSA) is 72.2 Å². The van der Waals surface area contributed by atoms with Gasteiger partial charge in [-0.05, 0) is 30.4 Å². The van der Waals surface area contributed by atoms with E-state index >= 15 is 0 Å². The van der Waals surface area contributed by atoms with Gasteiger partial charge in [-0.2, -0.15) is 0 Å². The Morgan fingerprint density at radius 1 is 1.47 bits per heavy atom. The summed E-state index contributed by atoms with van der Waals surface area (Å²) in [7, 11) is 0. The van der Waals surface area contributed by atoms with Crippen molar-refractivity contribution in [1.29, 1.82) is 5.41 Å². The number of amidine groups is 1. The van der Waals surface area contributed by atoms with Gasteiger partial charge in [0.15, 0.2) is 0 Å². The van der Waals surface area contributed by atoms with Crippen LogP contribution in [0.25, 0.3) is 0 Å². The minimum Gasteiger partial charge on any atom is -0.356 e. The summed E-state index contributed by atoms with van der Waals surface area (Å²) in [5.74, 6) is 2.51. The van der Waals surface area contributed by atoms with Crippen LogP contribution in [0.3, 0.4) is 0 Å². The van der Waals surface area contributed by atoms with E-state index in [0.717, 1.165) is 18.9 Å². The number of hydroxylamine groups is 1. The van der Waals surface area contributed by atoms with E-state index in [0.29, 0.717) is 11.8 Å². The van der Waals surface area contributed by atoms with E-state index < -0.39 is 0 Å². The molecule has 1 saturated heterocycles. The smallest absolute Gasteiger partial charge is 0.128 e. The first kappa shape index (κ1) is 10.5. The number of hydrogen-bond acceptors (Lipinski definition) is 4. The van der Waals surface area contributed by atoms with Crippen LogP contribution < -0.4 is 10.4 Å². The Morgan fingerprint density at radius 2 is 2.18 bits per heavy atom. The number of hydrogen-bond donors (Lipinski definition) is 3. The fourth-order valence-electron chi connectivity index (χ4n) is 2.86. The number of piperidine rings is 1. The molecule has 2 heterocycles. The zero-order valence-corrected chi connectivity index (χ0v) is 9.72. The van der Waals surface area contributed by atoms with Crippen LogP contribution in [0.15, 0.2) is 18.3 Å². The number of fused-ring (bicyclic) bond motifs is 1. The van der Waals surface area contributed by atoms with Crippen LogP contribution in [0, 0.1) is 30.1 Å². The fraction of sp³-hybridized carbons (Fsp3) is 0.500. The summed E-state index contributed by atoms with van der Waals surface area (Å²) < 4.78 is 0. The third kappa shape index (κ3) is 1.67. The van der Waals surface area contributed by atoms with Gasteiger partial charge >= 0.3 is 0 Å². The van der Waals surface area contributed by atoms with Gasteiger partial charge in [0.2, 0.25) is 0 Å². The van der Waals surface area contributed by atoms with Gasteiger partial charge in [-0.25, -0.2) is 4.98 Å². The second kappa shape index (κ2) is 3.70. The number of aromatic nitrogens is 1. The molecule has 2 aliphatic rings. The van der Waals surface area contributed by atoms with Crippen molar-refractivity contribution >= 4 is 11.7 Å². The SMILES string of the molecule is Cc1ccc(N2C[C@@H]3[C@H](C2)[C@H]3C(=N)NO)nc1. The molecular weight excluding hydrogens is 216 g/mol. The van der Waals surface area contributed by atoms with E-state index in [-0.39, 0.29) is 11.8 Å². The summed E-state index contributed by atoms with van der Waals surface area (Å²) in [6, 6.07) is 4.12. The maximum atomic E-state index is 8.71. The number of rotatable bonds is 2. The zero-order valence-electron chi connectivity index (χ0n) is 9.72. The van der Waals surface area contributed by atoms with Crippen molar-refractivity contribution in [3.05, 3.63) is 23.9 Å². The summed E-state index contributed by atoms with van der Waals surface area (Å²) in [6.45, 7) is 3.91. The summed E-state index contributed by atoms with van der Waals surface area (Å²) in [5.41, 5.74) is 3.14. The van der Waals surface area contributed by atoms with Gasteiger partial charge in [0.05, 0.1) is 0 Å². The molecule has 1 saturated carbocycles. The average molecular weight is 232 g/mol. The first-order chi connectivity index (χ1) is 8.20. The maximum absolute atomic E-state index is 8.71. The molecule has 3 atom stereocenters.